The van der Waals surface area contributed by atoms with Crippen molar-refractivity contribution >= 4 is 29.5 Å². The Bertz CT molecular complexity index is 801. The number of aliphatic hydroxyl groups excluding tert-OH is 2. The summed E-state index contributed by atoms with van der Waals surface area (Å²) in [6.45, 7) is 4.31. The highest BCUT2D eigenvalue weighted by molar-refractivity contribution is 8.00. The molecule has 0 bridgehead atoms. The summed E-state index contributed by atoms with van der Waals surface area (Å²) in [5, 5.41) is 28.0. The van der Waals surface area contributed by atoms with Gasteiger partial charge in [-0.15, -0.1) is 0 Å². The SMILES string of the molecule is CCCCCC(O)CSC1CC(=O)[C@H](C/C=C\CCCC(=O)OC)[C@H]1/C=C/[C@H](O)CCCCC.O=C(O)C(F)(F)F. The molecule has 0 aromatic heterocycles. The molecule has 238 valence electrons. The van der Waals surface area contributed by atoms with Crippen molar-refractivity contribution in [2.75, 3.05) is 12.9 Å². The molecule has 1 fully saturated rings. The number of carbonyl (C=O) groups excluding carboxylic acids is 2. The van der Waals surface area contributed by atoms with Gasteiger partial charge in [-0.05, 0) is 38.0 Å². The summed E-state index contributed by atoms with van der Waals surface area (Å²) in [7, 11) is 1.40. The third-order valence-electron chi connectivity index (χ3n) is 6.79. The molecule has 2 unspecified atom stereocenters. The van der Waals surface area contributed by atoms with Crippen LogP contribution in [-0.2, 0) is 19.1 Å². The van der Waals surface area contributed by atoms with Crippen molar-refractivity contribution < 1.29 is 47.6 Å². The topological polar surface area (TPSA) is 121 Å². The number of halogens is 3. The number of thioether (sulfide) groups is 1. The molecule has 0 heterocycles. The molecule has 1 saturated carbocycles. The average molecular weight is 611 g/mol. The minimum absolute atomic E-state index is 0.0703. The Hall–Kier alpha value is -1.85. The first-order chi connectivity index (χ1) is 19.4. The minimum atomic E-state index is -5.08. The van der Waals surface area contributed by atoms with Crippen LogP contribution in [-0.4, -0.2) is 69.5 Å². The van der Waals surface area contributed by atoms with Gasteiger partial charge in [-0.1, -0.05) is 76.7 Å². The largest absolute Gasteiger partial charge is 0.490 e. The number of carbonyl (C=O) groups is 3. The Morgan fingerprint density at radius 1 is 1.05 bits per heavy atom. The van der Waals surface area contributed by atoms with E-state index in [0.29, 0.717) is 25.0 Å². The van der Waals surface area contributed by atoms with Crippen LogP contribution in [0.2, 0.25) is 0 Å². The number of Topliss-reactive ketones (excluding diaryl/α,β-unsaturated/α-hetero) is 1. The third-order valence-corrected chi connectivity index (χ3v) is 8.28. The molecule has 0 aliphatic heterocycles. The fourth-order valence-corrected chi connectivity index (χ4v) is 5.83. The van der Waals surface area contributed by atoms with Gasteiger partial charge in [0.2, 0.25) is 0 Å². The van der Waals surface area contributed by atoms with E-state index in [2.05, 4.69) is 36.8 Å². The van der Waals surface area contributed by atoms with E-state index in [1.165, 1.54) is 7.11 Å². The van der Waals surface area contributed by atoms with Crippen molar-refractivity contribution in [3.05, 3.63) is 24.3 Å². The van der Waals surface area contributed by atoms with Crippen molar-refractivity contribution in [1.29, 1.82) is 0 Å². The molecule has 7 nitrogen and oxygen atoms in total. The summed E-state index contributed by atoms with van der Waals surface area (Å²) >= 11 is 1.71. The predicted octanol–water partition coefficient (Wildman–Crippen LogP) is 6.65. The van der Waals surface area contributed by atoms with E-state index < -0.39 is 18.2 Å². The monoisotopic (exact) mass is 610 g/mol. The second-order valence-electron chi connectivity index (χ2n) is 10.3. The number of allylic oxidation sites excluding steroid dienone is 3. The lowest BCUT2D eigenvalue weighted by Gasteiger charge is -2.21. The third kappa shape index (κ3) is 19.1. The standard InChI is InChI=1S/C28H48O5S.C2HF3O2/c1-4-6-10-14-22(29)18-19-25-24(16-12-8-9-13-17-28(32)33-3)26(31)20-27(25)34-21-23(30)15-11-7-5-2;3-2(4,5)1(6)7/h8,12,18-19,22-25,27,29-30H,4-7,9-11,13-17,20-21H2,1-3H3;(H,6,7)/b12-8-,19-18+;/t22-,23?,24-,25-,27?;/m1./s1. The van der Waals surface area contributed by atoms with Crippen LogP contribution in [0.1, 0.15) is 97.3 Å². The maximum absolute atomic E-state index is 12.9. The van der Waals surface area contributed by atoms with Crippen LogP contribution in [0.5, 0.6) is 0 Å². The van der Waals surface area contributed by atoms with Gasteiger partial charge in [0, 0.05) is 29.8 Å². The highest BCUT2D eigenvalue weighted by atomic mass is 32.2. The minimum Gasteiger partial charge on any atom is -0.475 e. The van der Waals surface area contributed by atoms with Gasteiger partial charge in [-0.25, -0.2) is 4.79 Å². The zero-order valence-electron chi connectivity index (χ0n) is 24.6. The number of carboxylic acids is 1. The van der Waals surface area contributed by atoms with E-state index in [0.717, 1.165) is 64.2 Å². The van der Waals surface area contributed by atoms with Gasteiger partial charge < -0.3 is 20.1 Å². The number of unbranched alkanes of at least 4 members (excludes halogenated alkanes) is 5. The number of alkyl halides is 3. The number of rotatable bonds is 19. The van der Waals surface area contributed by atoms with Crippen LogP contribution in [0.3, 0.4) is 0 Å². The Morgan fingerprint density at radius 3 is 2.22 bits per heavy atom. The first kappa shape index (κ1) is 39.1. The number of methoxy groups -OCH3 is 1. The van der Waals surface area contributed by atoms with Gasteiger partial charge in [0.25, 0.3) is 0 Å². The molecule has 5 atom stereocenters. The fourth-order valence-electron chi connectivity index (χ4n) is 4.41. The molecule has 0 radical (unpaired) electrons. The number of ether oxygens (including phenoxy) is 1. The van der Waals surface area contributed by atoms with Crippen molar-refractivity contribution in [1.82, 2.24) is 0 Å². The maximum Gasteiger partial charge on any atom is 0.490 e. The molecule has 3 N–H and O–H groups in total. The van der Waals surface area contributed by atoms with Crippen molar-refractivity contribution in [3.63, 3.8) is 0 Å². The maximum atomic E-state index is 12.9. The van der Waals surface area contributed by atoms with Crippen LogP contribution in [0.4, 0.5) is 13.2 Å². The predicted molar refractivity (Wildman–Crippen MR) is 156 cm³/mol. The fraction of sp³-hybridized carbons (Fsp3) is 0.767. The Balaban J connectivity index is 0.00000201. The van der Waals surface area contributed by atoms with E-state index in [-0.39, 0.29) is 34.9 Å². The zero-order chi connectivity index (χ0) is 31.3. The van der Waals surface area contributed by atoms with Crippen molar-refractivity contribution in [2.45, 2.75) is 121 Å². The lowest BCUT2D eigenvalue weighted by molar-refractivity contribution is -0.192. The normalized spacial score (nSPS) is 20.7. The van der Waals surface area contributed by atoms with E-state index in [1.807, 2.05) is 6.08 Å². The number of esters is 1. The number of hydrogen-bond donors (Lipinski definition) is 3. The molecule has 0 saturated heterocycles. The van der Waals surface area contributed by atoms with E-state index in [1.54, 1.807) is 11.8 Å². The molecular weight excluding hydrogens is 561 g/mol. The van der Waals surface area contributed by atoms with Crippen LogP contribution in [0, 0.1) is 11.8 Å². The zero-order valence-corrected chi connectivity index (χ0v) is 25.4. The van der Waals surface area contributed by atoms with E-state index in [4.69, 9.17) is 9.90 Å². The van der Waals surface area contributed by atoms with Crippen molar-refractivity contribution in [2.24, 2.45) is 11.8 Å². The molecule has 0 aromatic carbocycles. The lowest BCUT2D eigenvalue weighted by atomic mass is 9.91. The van der Waals surface area contributed by atoms with Gasteiger partial charge in [0.15, 0.2) is 0 Å². The van der Waals surface area contributed by atoms with Gasteiger partial charge in [0.1, 0.15) is 5.78 Å². The Kier molecular flexibility index (Phi) is 21.7. The molecule has 1 aliphatic carbocycles. The second-order valence-corrected chi connectivity index (χ2v) is 11.6. The molecule has 11 heteroatoms. The number of hydrogen-bond acceptors (Lipinski definition) is 7. The highest BCUT2D eigenvalue weighted by Crippen LogP contribution is 2.40. The Labute approximate surface area is 247 Å². The van der Waals surface area contributed by atoms with Crippen LogP contribution < -0.4 is 0 Å². The summed E-state index contributed by atoms with van der Waals surface area (Å²) in [6, 6.07) is 0. The number of aliphatic carboxylic acids is 1. The summed E-state index contributed by atoms with van der Waals surface area (Å²) in [6.07, 6.45) is 13.4. The van der Waals surface area contributed by atoms with Crippen molar-refractivity contribution in [3.8, 4) is 0 Å². The molecule has 1 aliphatic rings. The summed E-state index contributed by atoms with van der Waals surface area (Å²) in [5.74, 6) is -2.05. The second kappa shape index (κ2) is 22.7. The summed E-state index contributed by atoms with van der Waals surface area (Å²) < 4.78 is 36.4. The molecule has 0 spiro atoms. The van der Waals surface area contributed by atoms with Crippen LogP contribution in [0.15, 0.2) is 24.3 Å². The Morgan fingerprint density at radius 2 is 1.66 bits per heavy atom. The molecule has 0 aromatic rings. The first-order valence-electron chi connectivity index (χ1n) is 14.6. The molecule has 0 amide bonds. The number of ketones is 1. The quantitative estimate of drug-likeness (QED) is 0.0844. The first-order valence-corrected chi connectivity index (χ1v) is 15.6. The summed E-state index contributed by atoms with van der Waals surface area (Å²) in [4.78, 5) is 33.0. The average Bonchev–Trinajstić information content (AvgIpc) is 3.21. The van der Waals surface area contributed by atoms with E-state index in [9.17, 15) is 33.0 Å². The van der Waals surface area contributed by atoms with Gasteiger partial charge in [0.05, 0.1) is 19.3 Å². The highest BCUT2D eigenvalue weighted by Gasteiger charge is 2.40. The molecule has 41 heavy (non-hydrogen) atoms. The number of aliphatic hydroxyl groups is 2. The smallest absolute Gasteiger partial charge is 0.475 e. The van der Waals surface area contributed by atoms with Gasteiger partial charge in [-0.3, -0.25) is 9.59 Å². The summed E-state index contributed by atoms with van der Waals surface area (Å²) in [5.41, 5.74) is 0. The number of carboxylic acid groups (broad SMARTS) is 1. The van der Waals surface area contributed by atoms with E-state index >= 15 is 0 Å². The molecule has 1 rings (SSSR count). The van der Waals surface area contributed by atoms with Gasteiger partial charge >= 0.3 is 18.1 Å². The molecular formula is C30H49F3O7S. The lowest BCUT2D eigenvalue weighted by Crippen LogP contribution is -2.21. The van der Waals surface area contributed by atoms with Crippen LogP contribution >= 0.6 is 11.8 Å². The van der Waals surface area contributed by atoms with Crippen LogP contribution in [0.25, 0.3) is 0 Å². The van der Waals surface area contributed by atoms with Gasteiger partial charge in [-0.2, -0.15) is 24.9 Å².